The molecule has 17 heavy (non-hydrogen) atoms. The van der Waals surface area contributed by atoms with E-state index in [0.717, 1.165) is 13.1 Å². The SMILES string of the molecule is CCn1cc(C2CC(C)(C)CCC2CN)cn1. The first-order chi connectivity index (χ1) is 8.05. The summed E-state index contributed by atoms with van der Waals surface area (Å²) in [5.74, 6) is 1.24. The molecule has 1 aromatic heterocycles. The molecule has 0 bridgehead atoms. The molecule has 0 saturated heterocycles. The van der Waals surface area contributed by atoms with Gasteiger partial charge >= 0.3 is 0 Å². The monoisotopic (exact) mass is 235 g/mol. The van der Waals surface area contributed by atoms with Gasteiger partial charge in [0.25, 0.3) is 0 Å². The number of aromatic nitrogens is 2. The van der Waals surface area contributed by atoms with Gasteiger partial charge in [-0.3, -0.25) is 4.68 Å². The van der Waals surface area contributed by atoms with E-state index in [-0.39, 0.29) is 0 Å². The summed E-state index contributed by atoms with van der Waals surface area (Å²) in [6, 6.07) is 0. The molecule has 96 valence electrons. The number of hydrogen-bond acceptors (Lipinski definition) is 2. The lowest BCUT2D eigenvalue weighted by Crippen LogP contribution is -2.32. The maximum atomic E-state index is 5.93. The Morgan fingerprint density at radius 3 is 2.88 bits per heavy atom. The van der Waals surface area contributed by atoms with Crippen LogP contribution in [0.2, 0.25) is 0 Å². The Morgan fingerprint density at radius 2 is 2.29 bits per heavy atom. The maximum Gasteiger partial charge on any atom is 0.0524 e. The molecule has 0 amide bonds. The summed E-state index contributed by atoms with van der Waals surface area (Å²) in [6.45, 7) is 8.62. The van der Waals surface area contributed by atoms with Crippen LogP contribution in [-0.2, 0) is 6.54 Å². The first-order valence-electron chi connectivity index (χ1n) is 6.78. The van der Waals surface area contributed by atoms with Gasteiger partial charge in [-0.15, -0.1) is 0 Å². The predicted molar refractivity (Wildman–Crippen MR) is 70.8 cm³/mol. The highest BCUT2D eigenvalue weighted by Gasteiger charge is 2.35. The van der Waals surface area contributed by atoms with Crippen LogP contribution in [0.25, 0.3) is 0 Å². The van der Waals surface area contributed by atoms with Crippen LogP contribution >= 0.6 is 0 Å². The fourth-order valence-electron chi connectivity index (χ4n) is 3.06. The second-order valence-electron chi connectivity index (χ2n) is 6.14. The minimum atomic E-state index is 0.449. The highest BCUT2D eigenvalue weighted by molar-refractivity contribution is 5.15. The van der Waals surface area contributed by atoms with Crippen LogP contribution in [-0.4, -0.2) is 16.3 Å². The Hall–Kier alpha value is -0.830. The molecule has 1 heterocycles. The number of nitrogens with zero attached hydrogens (tertiary/aromatic N) is 2. The van der Waals surface area contributed by atoms with Gasteiger partial charge in [-0.25, -0.2) is 0 Å². The highest BCUT2D eigenvalue weighted by Crippen LogP contribution is 2.46. The number of aryl methyl sites for hydroxylation is 1. The van der Waals surface area contributed by atoms with Crippen molar-refractivity contribution in [3.8, 4) is 0 Å². The Kier molecular flexibility index (Phi) is 3.57. The molecule has 3 nitrogen and oxygen atoms in total. The Labute approximate surface area is 104 Å². The number of nitrogens with two attached hydrogens (primary N) is 1. The Morgan fingerprint density at radius 1 is 1.53 bits per heavy atom. The van der Waals surface area contributed by atoms with Gasteiger partial charge in [-0.2, -0.15) is 5.10 Å². The van der Waals surface area contributed by atoms with Crippen molar-refractivity contribution in [3.63, 3.8) is 0 Å². The number of hydrogen-bond donors (Lipinski definition) is 1. The molecule has 2 rings (SSSR count). The van der Waals surface area contributed by atoms with Gasteiger partial charge in [0, 0.05) is 12.7 Å². The van der Waals surface area contributed by atoms with Crippen molar-refractivity contribution in [2.45, 2.75) is 52.5 Å². The molecule has 0 spiro atoms. The standard InChI is InChI=1S/C14H25N3/c1-4-17-10-12(9-16-17)13-7-14(2,3)6-5-11(13)8-15/h9-11,13H,4-8,15H2,1-3H3. The molecule has 1 saturated carbocycles. The second kappa shape index (κ2) is 4.81. The van der Waals surface area contributed by atoms with Crippen LogP contribution in [0.5, 0.6) is 0 Å². The van der Waals surface area contributed by atoms with Crippen LogP contribution in [0.1, 0.15) is 51.5 Å². The minimum absolute atomic E-state index is 0.449. The second-order valence-corrected chi connectivity index (χ2v) is 6.14. The van der Waals surface area contributed by atoms with Gasteiger partial charge in [0.2, 0.25) is 0 Å². The maximum absolute atomic E-state index is 5.93. The van der Waals surface area contributed by atoms with Crippen LogP contribution in [0.4, 0.5) is 0 Å². The normalized spacial score (nSPS) is 28.2. The first-order valence-corrected chi connectivity index (χ1v) is 6.78. The summed E-state index contributed by atoms with van der Waals surface area (Å²) < 4.78 is 2.02. The van der Waals surface area contributed by atoms with Gasteiger partial charge in [-0.05, 0) is 55.5 Å². The number of rotatable bonds is 3. The molecule has 2 unspecified atom stereocenters. The molecular weight excluding hydrogens is 210 g/mol. The lowest BCUT2D eigenvalue weighted by molar-refractivity contribution is 0.165. The van der Waals surface area contributed by atoms with Crippen LogP contribution in [0.15, 0.2) is 12.4 Å². The molecule has 0 aliphatic heterocycles. The van der Waals surface area contributed by atoms with Gasteiger partial charge in [0.15, 0.2) is 0 Å². The van der Waals surface area contributed by atoms with Crippen molar-refractivity contribution < 1.29 is 0 Å². The van der Waals surface area contributed by atoms with Crippen molar-refractivity contribution in [3.05, 3.63) is 18.0 Å². The van der Waals surface area contributed by atoms with Gasteiger partial charge < -0.3 is 5.73 Å². The zero-order valence-electron chi connectivity index (χ0n) is 11.3. The average molecular weight is 235 g/mol. The van der Waals surface area contributed by atoms with E-state index in [4.69, 9.17) is 5.73 Å². The lowest BCUT2D eigenvalue weighted by Gasteiger charge is -2.40. The fourth-order valence-corrected chi connectivity index (χ4v) is 3.06. The van der Waals surface area contributed by atoms with Crippen molar-refractivity contribution in [1.29, 1.82) is 0 Å². The molecule has 0 radical (unpaired) electrons. The largest absolute Gasteiger partial charge is 0.330 e. The summed E-state index contributed by atoms with van der Waals surface area (Å²) in [6.07, 6.45) is 8.04. The van der Waals surface area contributed by atoms with E-state index in [0.29, 0.717) is 17.3 Å². The summed E-state index contributed by atoms with van der Waals surface area (Å²) in [7, 11) is 0. The van der Waals surface area contributed by atoms with E-state index in [9.17, 15) is 0 Å². The highest BCUT2D eigenvalue weighted by atomic mass is 15.3. The minimum Gasteiger partial charge on any atom is -0.330 e. The van der Waals surface area contributed by atoms with E-state index in [1.807, 2.05) is 10.9 Å². The lowest BCUT2D eigenvalue weighted by atomic mass is 9.65. The van der Waals surface area contributed by atoms with Crippen LogP contribution in [0.3, 0.4) is 0 Å². The summed E-state index contributed by atoms with van der Waals surface area (Å²) >= 11 is 0. The molecule has 1 fully saturated rings. The molecule has 2 N–H and O–H groups in total. The topological polar surface area (TPSA) is 43.8 Å². The average Bonchev–Trinajstić information content (AvgIpc) is 2.76. The third-order valence-electron chi connectivity index (χ3n) is 4.24. The molecule has 1 aromatic rings. The summed E-state index contributed by atoms with van der Waals surface area (Å²) in [5, 5.41) is 4.40. The van der Waals surface area contributed by atoms with E-state index in [1.54, 1.807) is 0 Å². The fraction of sp³-hybridized carbons (Fsp3) is 0.786. The van der Waals surface area contributed by atoms with Crippen molar-refractivity contribution >= 4 is 0 Å². The Balaban J connectivity index is 2.20. The van der Waals surface area contributed by atoms with E-state index < -0.39 is 0 Å². The third kappa shape index (κ3) is 2.71. The molecule has 2 atom stereocenters. The third-order valence-corrected chi connectivity index (χ3v) is 4.24. The summed E-state index contributed by atoms with van der Waals surface area (Å²) in [5.41, 5.74) is 7.77. The van der Waals surface area contributed by atoms with Crippen molar-refractivity contribution in [2.24, 2.45) is 17.1 Å². The molecule has 1 aliphatic rings. The van der Waals surface area contributed by atoms with Crippen molar-refractivity contribution in [1.82, 2.24) is 9.78 Å². The van der Waals surface area contributed by atoms with E-state index >= 15 is 0 Å². The zero-order valence-corrected chi connectivity index (χ0v) is 11.3. The molecule has 1 aliphatic carbocycles. The Bertz CT molecular complexity index is 367. The first kappa shape index (κ1) is 12.6. The molecular formula is C14H25N3. The van der Waals surface area contributed by atoms with E-state index in [1.165, 1.54) is 24.8 Å². The van der Waals surface area contributed by atoms with Crippen LogP contribution < -0.4 is 5.73 Å². The quantitative estimate of drug-likeness (QED) is 0.875. The summed E-state index contributed by atoms with van der Waals surface area (Å²) in [4.78, 5) is 0. The predicted octanol–water partition coefficient (Wildman–Crippen LogP) is 2.77. The van der Waals surface area contributed by atoms with Gasteiger partial charge in [0.05, 0.1) is 6.20 Å². The van der Waals surface area contributed by atoms with Crippen molar-refractivity contribution in [2.75, 3.05) is 6.54 Å². The smallest absolute Gasteiger partial charge is 0.0524 e. The molecule has 0 aromatic carbocycles. The van der Waals surface area contributed by atoms with Gasteiger partial charge in [0.1, 0.15) is 0 Å². The molecule has 3 heteroatoms. The van der Waals surface area contributed by atoms with Crippen LogP contribution in [0, 0.1) is 11.3 Å². The zero-order chi connectivity index (χ0) is 12.5. The van der Waals surface area contributed by atoms with Gasteiger partial charge in [-0.1, -0.05) is 13.8 Å². The van der Waals surface area contributed by atoms with E-state index in [2.05, 4.69) is 32.1 Å².